The average Bonchev–Trinajstić information content (AvgIpc) is 2.66. The van der Waals surface area contributed by atoms with Crippen LogP contribution in [0.3, 0.4) is 0 Å². The third-order valence-corrected chi connectivity index (χ3v) is 3.78. The van der Waals surface area contributed by atoms with Crippen molar-refractivity contribution < 1.29 is 9.59 Å². The van der Waals surface area contributed by atoms with Crippen LogP contribution in [0.25, 0.3) is 16.8 Å². The zero-order chi connectivity index (χ0) is 17.5. The van der Waals surface area contributed by atoms with Crippen molar-refractivity contribution in [3.05, 3.63) is 90.0 Å². The molecule has 0 spiro atoms. The zero-order valence-corrected chi connectivity index (χ0v) is 13.6. The lowest BCUT2D eigenvalue weighted by Gasteiger charge is -2.08. The van der Waals surface area contributed by atoms with Gasteiger partial charge in [-0.15, -0.1) is 0 Å². The summed E-state index contributed by atoms with van der Waals surface area (Å²) in [6.45, 7) is 0. The first-order chi connectivity index (χ1) is 12.2. The Labute approximate surface area is 146 Å². The predicted molar refractivity (Wildman–Crippen MR) is 99.4 cm³/mol. The van der Waals surface area contributed by atoms with Crippen molar-refractivity contribution in [2.75, 3.05) is 0 Å². The molecule has 0 heterocycles. The second-order valence-corrected chi connectivity index (χ2v) is 5.60. The summed E-state index contributed by atoms with van der Waals surface area (Å²) in [5.41, 5.74) is 6.68. The van der Waals surface area contributed by atoms with E-state index in [4.69, 9.17) is 0 Å². The number of carbonyl (C=O) groups excluding carboxylic acids is 2. The fourth-order valence-electron chi connectivity index (χ4n) is 2.57. The topological polar surface area (TPSA) is 58.2 Å². The van der Waals surface area contributed by atoms with Crippen LogP contribution < -0.4 is 10.9 Å². The van der Waals surface area contributed by atoms with Gasteiger partial charge in [0.25, 0.3) is 5.91 Å². The molecule has 0 radical (unpaired) electrons. The molecule has 2 N–H and O–H groups in total. The second kappa shape index (κ2) is 7.93. The quantitative estimate of drug-likeness (QED) is 0.570. The van der Waals surface area contributed by atoms with Crippen LogP contribution in [0.5, 0.6) is 0 Å². The van der Waals surface area contributed by atoms with Gasteiger partial charge in [-0.05, 0) is 28.0 Å². The third kappa shape index (κ3) is 4.54. The lowest BCUT2D eigenvalue weighted by molar-refractivity contribution is -0.126. The number of hydrogen-bond donors (Lipinski definition) is 2. The molecular formula is C21H18N2O2. The summed E-state index contributed by atoms with van der Waals surface area (Å²) in [5.74, 6) is -0.645. The Balaban J connectivity index is 1.56. The van der Waals surface area contributed by atoms with Crippen molar-refractivity contribution in [3.63, 3.8) is 0 Å². The summed E-state index contributed by atoms with van der Waals surface area (Å²) in [5, 5.41) is 2.12. The first kappa shape index (κ1) is 16.5. The lowest BCUT2D eigenvalue weighted by atomic mass is 10.0. The van der Waals surface area contributed by atoms with Crippen molar-refractivity contribution >= 4 is 28.7 Å². The van der Waals surface area contributed by atoms with E-state index in [-0.39, 0.29) is 18.2 Å². The molecule has 0 unspecified atom stereocenters. The number of nitrogens with one attached hydrogen (secondary N) is 2. The molecule has 0 atom stereocenters. The van der Waals surface area contributed by atoms with Gasteiger partial charge in [-0.3, -0.25) is 20.4 Å². The standard InChI is InChI=1S/C21H18N2O2/c24-20(14-13-16-7-2-1-3-8-16)22-23-21(25)15-18-11-6-10-17-9-4-5-12-19(17)18/h1-14H,15H2,(H,22,24)(H,23,25)/b14-13+. The fourth-order valence-corrected chi connectivity index (χ4v) is 2.57. The van der Waals surface area contributed by atoms with Crippen LogP contribution in [-0.4, -0.2) is 11.8 Å². The summed E-state index contributed by atoms with van der Waals surface area (Å²) in [4.78, 5) is 23.9. The van der Waals surface area contributed by atoms with Crippen molar-refractivity contribution in [2.24, 2.45) is 0 Å². The minimum absolute atomic E-state index is 0.198. The van der Waals surface area contributed by atoms with Crippen LogP contribution in [0.1, 0.15) is 11.1 Å². The molecule has 25 heavy (non-hydrogen) atoms. The number of rotatable bonds is 4. The molecule has 3 aromatic rings. The van der Waals surface area contributed by atoms with Crippen LogP contribution in [0.4, 0.5) is 0 Å². The number of fused-ring (bicyclic) bond motifs is 1. The average molecular weight is 330 g/mol. The molecule has 0 aliphatic rings. The molecule has 4 nitrogen and oxygen atoms in total. The van der Waals surface area contributed by atoms with Gasteiger partial charge in [-0.25, -0.2) is 0 Å². The Morgan fingerprint density at radius 2 is 1.52 bits per heavy atom. The molecule has 0 saturated heterocycles. The van der Waals surface area contributed by atoms with Gasteiger partial charge < -0.3 is 0 Å². The maximum absolute atomic E-state index is 12.1. The second-order valence-electron chi connectivity index (χ2n) is 5.60. The summed E-state index contributed by atoms with van der Waals surface area (Å²) < 4.78 is 0. The van der Waals surface area contributed by atoms with E-state index in [0.29, 0.717) is 0 Å². The molecule has 124 valence electrons. The molecule has 0 saturated carbocycles. The zero-order valence-electron chi connectivity index (χ0n) is 13.6. The Kier molecular flexibility index (Phi) is 5.22. The maximum Gasteiger partial charge on any atom is 0.262 e. The summed E-state index contributed by atoms with van der Waals surface area (Å²) in [6, 6.07) is 23.2. The van der Waals surface area contributed by atoms with E-state index in [1.165, 1.54) is 6.08 Å². The minimum atomic E-state index is -0.380. The highest BCUT2D eigenvalue weighted by molar-refractivity contribution is 5.94. The minimum Gasteiger partial charge on any atom is -0.273 e. The van der Waals surface area contributed by atoms with E-state index in [9.17, 15) is 9.59 Å². The van der Waals surface area contributed by atoms with Crippen LogP contribution in [-0.2, 0) is 16.0 Å². The summed E-state index contributed by atoms with van der Waals surface area (Å²) in [6.07, 6.45) is 3.27. The Bertz CT molecular complexity index is 912. The number of hydrogen-bond acceptors (Lipinski definition) is 2. The smallest absolute Gasteiger partial charge is 0.262 e. The Morgan fingerprint density at radius 3 is 2.36 bits per heavy atom. The van der Waals surface area contributed by atoms with Gasteiger partial charge in [-0.1, -0.05) is 72.8 Å². The van der Waals surface area contributed by atoms with Gasteiger partial charge in [0.05, 0.1) is 6.42 Å². The monoisotopic (exact) mass is 330 g/mol. The van der Waals surface area contributed by atoms with Crippen LogP contribution in [0.2, 0.25) is 0 Å². The van der Waals surface area contributed by atoms with Gasteiger partial charge in [0.2, 0.25) is 5.91 Å². The molecule has 0 bridgehead atoms. The van der Waals surface area contributed by atoms with Gasteiger partial charge in [0, 0.05) is 6.08 Å². The van der Waals surface area contributed by atoms with E-state index in [2.05, 4.69) is 10.9 Å². The van der Waals surface area contributed by atoms with E-state index < -0.39 is 0 Å². The maximum atomic E-state index is 12.1. The lowest BCUT2D eigenvalue weighted by Crippen LogP contribution is -2.41. The van der Waals surface area contributed by atoms with E-state index >= 15 is 0 Å². The first-order valence-electron chi connectivity index (χ1n) is 8.01. The molecule has 0 aliphatic heterocycles. The Hall–Kier alpha value is -3.40. The molecule has 2 amide bonds. The van der Waals surface area contributed by atoms with Crippen molar-refractivity contribution in [1.29, 1.82) is 0 Å². The van der Waals surface area contributed by atoms with Crippen LogP contribution in [0, 0.1) is 0 Å². The summed E-state index contributed by atoms with van der Waals surface area (Å²) >= 11 is 0. The Morgan fingerprint density at radius 1 is 0.800 bits per heavy atom. The van der Waals surface area contributed by atoms with Gasteiger partial charge in [-0.2, -0.15) is 0 Å². The molecule has 3 aromatic carbocycles. The molecule has 0 aliphatic carbocycles. The normalized spacial score (nSPS) is 10.7. The van der Waals surface area contributed by atoms with Gasteiger partial charge in [0.15, 0.2) is 0 Å². The molecule has 3 rings (SSSR count). The van der Waals surface area contributed by atoms with E-state index in [0.717, 1.165) is 21.9 Å². The number of benzene rings is 3. The highest BCUT2D eigenvalue weighted by atomic mass is 16.2. The van der Waals surface area contributed by atoms with E-state index in [1.807, 2.05) is 72.8 Å². The highest BCUT2D eigenvalue weighted by Crippen LogP contribution is 2.18. The summed E-state index contributed by atoms with van der Waals surface area (Å²) in [7, 11) is 0. The highest BCUT2D eigenvalue weighted by Gasteiger charge is 2.07. The number of carbonyl (C=O) groups is 2. The SMILES string of the molecule is O=C(/C=C/c1ccccc1)NNC(=O)Cc1cccc2ccccc12. The largest absolute Gasteiger partial charge is 0.273 e. The van der Waals surface area contributed by atoms with Crippen molar-refractivity contribution in [1.82, 2.24) is 10.9 Å². The molecule has 4 heteroatoms. The fraction of sp³-hybridized carbons (Fsp3) is 0.0476. The van der Waals surface area contributed by atoms with Crippen molar-refractivity contribution in [2.45, 2.75) is 6.42 Å². The first-order valence-corrected chi connectivity index (χ1v) is 8.01. The van der Waals surface area contributed by atoms with Gasteiger partial charge in [0.1, 0.15) is 0 Å². The predicted octanol–water partition coefficient (Wildman–Crippen LogP) is 3.24. The van der Waals surface area contributed by atoms with Gasteiger partial charge >= 0.3 is 0 Å². The number of hydrazine groups is 1. The molecular weight excluding hydrogens is 312 g/mol. The van der Waals surface area contributed by atoms with E-state index in [1.54, 1.807) is 6.08 Å². The van der Waals surface area contributed by atoms with Crippen molar-refractivity contribution in [3.8, 4) is 0 Å². The van der Waals surface area contributed by atoms with Crippen LogP contribution >= 0.6 is 0 Å². The molecule has 0 fully saturated rings. The third-order valence-electron chi connectivity index (χ3n) is 3.78. The number of amides is 2. The molecule has 0 aromatic heterocycles. The van der Waals surface area contributed by atoms with Crippen LogP contribution in [0.15, 0.2) is 78.9 Å².